The zero-order valence-corrected chi connectivity index (χ0v) is 26.5. The van der Waals surface area contributed by atoms with Gasteiger partial charge in [-0.05, 0) is 84.4 Å². The zero-order valence-electron chi connectivity index (χ0n) is 25.7. The van der Waals surface area contributed by atoms with Crippen molar-refractivity contribution in [2.75, 3.05) is 43.6 Å². The van der Waals surface area contributed by atoms with Gasteiger partial charge in [0.25, 0.3) is 0 Å². The molecule has 43 heavy (non-hydrogen) atoms. The number of esters is 1. The van der Waals surface area contributed by atoms with Crippen LogP contribution in [0.25, 0.3) is 11.3 Å². The fraction of sp³-hybridized carbons (Fsp3) is 0.625. The van der Waals surface area contributed by atoms with Crippen LogP contribution in [-0.2, 0) is 19.0 Å². The lowest BCUT2D eigenvalue weighted by atomic mass is 9.82. The van der Waals surface area contributed by atoms with E-state index in [1.54, 1.807) is 6.20 Å². The molecule has 3 N–H and O–H groups in total. The van der Waals surface area contributed by atoms with Gasteiger partial charge in [0, 0.05) is 49.6 Å². The van der Waals surface area contributed by atoms with Gasteiger partial charge in [-0.2, -0.15) is 5.26 Å². The maximum absolute atomic E-state index is 11.8. The second kappa shape index (κ2) is 15.2. The Bertz CT molecular complexity index is 1250. The topological polar surface area (TPSA) is 130 Å². The lowest BCUT2D eigenvalue weighted by Gasteiger charge is -2.32. The molecule has 2 fully saturated rings. The molecule has 4 rings (SSSR count). The number of aromatic nitrogens is 2. The Kier molecular flexibility index (Phi) is 11.6. The molecule has 2 aliphatic rings. The molecule has 0 bridgehead atoms. The van der Waals surface area contributed by atoms with Gasteiger partial charge in [-0.3, -0.25) is 0 Å². The first kappa shape index (κ1) is 32.9. The minimum atomic E-state index is -0.506. The van der Waals surface area contributed by atoms with E-state index in [2.05, 4.69) is 33.9 Å². The van der Waals surface area contributed by atoms with E-state index in [-0.39, 0.29) is 18.6 Å². The summed E-state index contributed by atoms with van der Waals surface area (Å²) in [6, 6.07) is 11.1. The molecule has 0 aromatic carbocycles. The minimum Gasteiger partial charge on any atom is -0.458 e. The highest BCUT2D eigenvalue weighted by Gasteiger charge is 2.32. The van der Waals surface area contributed by atoms with Crippen molar-refractivity contribution in [2.45, 2.75) is 89.9 Å². The number of anilines is 2. The van der Waals surface area contributed by atoms with Crippen LogP contribution in [0.5, 0.6) is 0 Å². The maximum atomic E-state index is 11.8. The summed E-state index contributed by atoms with van der Waals surface area (Å²) < 4.78 is 16.3. The Morgan fingerprint density at radius 2 is 1.91 bits per heavy atom. The van der Waals surface area contributed by atoms with Gasteiger partial charge in [-0.1, -0.05) is 17.7 Å². The van der Waals surface area contributed by atoms with Crippen molar-refractivity contribution in [1.82, 2.24) is 15.3 Å². The number of pyridine rings is 2. The van der Waals surface area contributed by atoms with Gasteiger partial charge in [0.1, 0.15) is 23.8 Å². The van der Waals surface area contributed by atoms with Crippen molar-refractivity contribution in [2.24, 2.45) is 5.41 Å². The fourth-order valence-corrected chi connectivity index (χ4v) is 5.70. The van der Waals surface area contributed by atoms with E-state index in [4.69, 9.17) is 30.8 Å². The van der Waals surface area contributed by atoms with Crippen molar-refractivity contribution >= 4 is 29.2 Å². The molecule has 1 atom stereocenters. The van der Waals surface area contributed by atoms with Crippen molar-refractivity contribution < 1.29 is 19.0 Å². The van der Waals surface area contributed by atoms with Crippen LogP contribution in [0.2, 0.25) is 5.02 Å². The van der Waals surface area contributed by atoms with Crippen LogP contribution in [0.15, 0.2) is 30.5 Å². The largest absolute Gasteiger partial charge is 0.458 e. The highest BCUT2D eigenvalue weighted by molar-refractivity contribution is 6.33. The highest BCUT2D eigenvalue weighted by atomic mass is 35.5. The Balaban J connectivity index is 1.25. The molecule has 3 heterocycles. The number of rotatable bonds is 12. The van der Waals surface area contributed by atoms with Crippen LogP contribution < -0.4 is 16.0 Å². The summed E-state index contributed by atoms with van der Waals surface area (Å²) in [5.74, 6) is 1.13. The molecule has 1 aliphatic heterocycles. The molecule has 1 saturated heterocycles. The van der Waals surface area contributed by atoms with Crippen molar-refractivity contribution in [1.29, 1.82) is 5.26 Å². The second-order valence-electron chi connectivity index (χ2n) is 12.7. The summed E-state index contributed by atoms with van der Waals surface area (Å²) in [6.07, 6.45) is 7.16. The van der Waals surface area contributed by atoms with Crippen molar-refractivity contribution in [3.8, 4) is 17.3 Å². The second-order valence-corrected chi connectivity index (χ2v) is 13.1. The minimum absolute atomic E-state index is 0.0376. The molecule has 11 heteroatoms. The molecule has 0 spiro atoms. The zero-order chi connectivity index (χ0) is 30.9. The molecule has 1 aliphatic carbocycles. The van der Waals surface area contributed by atoms with Crippen LogP contribution in [0.1, 0.15) is 66.2 Å². The summed E-state index contributed by atoms with van der Waals surface area (Å²) in [6.45, 7) is 9.76. The number of ether oxygens (including phenoxy) is 3. The number of nitrogens with zero attached hydrogens (tertiary/aromatic N) is 3. The van der Waals surface area contributed by atoms with Crippen LogP contribution in [0.3, 0.4) is 0 Å². The van der Waals surface area contributed by atoms with Gasteiger partial charge in [-0.25, -0.2) is 14.8 Å². The highest BCUT2D eigenvalue weighted by Crippen LogP contribution is 2.32. The predicted molar refractivity (Wildman–Crippen MR) is 168 cm³/mol. The third-order valence-corrected chi connectivity index (χ3v) is 8.08. The summed E-state index contributed by atoms with van der Waals surface area (Å²) in [7, 11) is 0. The van der Waals surface area contributed by atoms with E-state index < -0.39 is 11.0 Å². The van der Waals surface area contributed by atoms with Crippen molar-refractivity contribution in [3.63, 3.8) is 0 Å². The molecule has 234 valence electrons. The average Bonchev–Trinajstić information content (AvgIpc) is 2.98. The average molecular weight is 613 g/mol. The number of halogens is 1. The third-order valence-electron chi connectivity index (χ3n) is 7.78. The number of hydrogen-bond acceptors (Lipinski definition) is 10. The van der Waals surface area contributed by atoms with E-state index in [0.29, 0.717) is 62.1 Å². The van der Waals surface area contributed by atoms with Crippen LogP contribution >= 0.6 is 11.6 Å². The number of carbonyl (C=O) groups excluding carboxylic acids is 1. The van der Waals surface area contributed by atoms with Gasteiger partial charge in [0.2, 0.25) is 0 Å². The summed E-state index contributed by atoms with van der Waals surface area (Å²) >= 11 is 6.57. The van der Waals surface area contributed by atoms with Gasteiger partial charge in [-0.15, -0.1) is 0 Å². The molecule has 10 nitrogen and oxygen atoms in total. The summed E-state index contributed by atoms with van der Waals surface area (Å²) in [4.78, 5) is 21.2. The molecule has 0 radical (unpaired) electrons. The Hall–Kier alpha value is -2.97. The molecule has 0 unspecified atom stereocenters. The fourth-order valence-electron chi connectivity index (χ4n) is 5.50. The van der Waals surface area contributed by atoms with Gasteiger partial charge in [0.15, 0.2) is 0 Å². The number of nitrogens with one attached hydrogen (secondary N) is 3. The van der Waals surface area contributed by atoms with Gasteiger partial charge < -0.3 is 30.2 Å². The normalized spacial score (nSPS) is 20.9. The lowest BCUT2D eigenvalue weighted by molar-refractivity contribution is -0.160. The van der Waals surface area contributed by atoms with Crippen LogP contribution in [0, 0.1) is 16.7 Å². The first-order valence-electron chi connectivity index (χ1n) is 15.2. The predicted octanol–water partition coefficient (Wildman–Crippen LogP) is 5.59. The summed E-state index contributed by atoms with van der Waals surface area (Å²) in [5.41, 5.74) is 0.602. The van der Waals surface area contributed by atoms with Gasteiger partial charge >= 0.3 is 5.97 Å². The first-order valence-corrected chi connectivity index (χ1v) is 15.6. The van der Waals surface area contributed by atoms with E-state index in [1.165, 1.54) is 0 Å². The molecule has 0 amide bonds. The maximum Gasteiger partial charge on any atom is 0.332 e. The molecule has 1 saturated carbocycles. The van der Waals surface area contributed by atoms with E-state index in [1.807, 2.05) is 45.0 Å². The molecule has 2 aromatic heterocycles. The number of carbonyl (C=O) groups is 1. The molecular weight excluding hydrogens is 568 g/mol. The van der Waals surface area contributed by atoms with E-state index in [9.17, 15) is 10.1 Å². The van der Waals surface area contributed by atoms with Crippen molar-refractivity contribution in [3.05, 3.63) is 35.5 Å². The van der Waals surface area contributed by atoms with E-state index >= 15 is 0 Å². The van der Waals surface area contributed by atoms with Crippen LogP contribution in [0.4, 0.5) is 11.6 Å². The lowest BCUT2D eigenvalue weighted by Crippen LogP contribution is -2.43. The number of nitriles is 1. The third kappa shape index (κ3) is 10.3. The summed E-state index contributed by atoms with van der Waals surface area (Å²) in [5, 5.41) is 20.9. The Morgan fingerprint density at radius 1 is 1.19 bits per heavy atom. The van der Waals surface area contributed by atoms with E-state index in [0.717, 1.165) is 42.8 Å². The Morgan fingerprint density at radius 3 is 2.60 bits per heavy atom. The molecular formula is C32H45ClN6O4. The first-order chi connectivity index (χ1) is 20.5. The standard InChI is InChI=1S/C32H45ClN6O4/c1-22(18-42-19-30(40)43-31(2,3)4)37-23-8-10-24(11-9-23)38-29-16-25(26(33)17-35-29)27-6-5-7-28(39-27)36-21-32(20-34)12-14-41-15-13-32/h5-7,16-17,22-24,37H,8-15,18-19,21H2,1-4H3,(H,35,38)(H,36,39)/t22-,23?,24?/m0/s1. The Labute approximate surface area is 260 Å². The SMILES string of the molecule is C[C@@H](COCC(=O)OC(C)(C)C)NC1CCC(Nc2cc(-c3cccc(NCC4(C#N)CCOCC4)n3)c(Cl)cn2)CC1. The number of hydrogen-bond donors (Lipinski definition) is 3. The van der Waals surface area contributed by atoms with Crippen LogP contribution in [-0.4, -0.2) is 72.6 Å². The smallest absolute Gasteiger partial charge is 0.332 e. The molecule has 2 aromatic rings. The monoisotopic (exact) mass is 612 g/mol. The quantitative estimate of drug-likeness (QED) is 0.261. The van der Waals surface area contributed by atoms with Gasteiger partial charge in [0.05, 0.1) is 28.8 Å².